The molecule has 0 aromatic rings. The van der Waals surface area contributed by atoms with E-state index in [0.717, 1.165) is 55.4 Å². The van der Waals surface area contributed by atoms with Crippen LogP contribution in [0.1, 0.15) is 55.4 Å². The maximum atomic E-state index is 12.1. The van der Waals surface area contributed by atoms with Crippen molar-refractivity contribution < 1.29 is 90.5 Å². The van der Waals surface area contributed by atoms with Gasteiger partial charge in [0.1, 0.15) is 12.7 Å². The van der Waals surface area contributed by atoms with Gasteiger partial charge in [-0.25, -0.2) is 0 Å². The molecule has 19 heteroatoms. The summed E-state index contributed by atoms with van der Waals surface area (Å²) in [5, 5.41) is 0. The van der Waals surface area contributed by atoms with Crippen LogP contribution < -0.4 is 0 Å². The SMILES string of the molecule is CC(=O)OCC(OC(C)=O)C1OC(OCC(OC(C)=O)C(OC(C)=O)C(OC(C)=O)C(C=O)OC(C)=O)C(OC(C)=O)C1OC(C)=O. The largest absolute Gasteiger partial charge is 0.462 e. The number of aldehydes is 1. The Hall–Kier alpha value is -4.65. The van der Waals surface area contributed by atoms with Crippen molar-refractivity contribution in [3.63, 3.8) is 0 Å². The highest BCUT2D eigenvalue weighted by atomic mass is 16.7. The molecule has 0 aliphatic carbocycles. The van der Waals surface area contributed by atoms with Gasteiger partial charge in [0.15, 0.2) is 55.3 Å². The summed E-state index contributed by atoms with van der Waals surface area (Å²) in [5.41, 5.74) is 0. The highest BCUT2D eigenvalue weighted by Gasteiger charge is 2.55. The number of carbonyl (C=O) groups excluding carboxylic acids is 9. The predicted octanol–water partition coefficient (Wildman–Crippen LogP) is -0.988. The minimum Gasteiger partial charge on any atom is -0.462 e. The number of ether oxygens (including phenoxy) is 10. The lowest BCUT2D eigenvalue weighted by Crippen LogP contribution is -2.53. The fourth-order valence-electron chi connectivity index (χ4n) is 4.36. The number of hydrogen-bond acceptors (Lipinski definition) is 19. The van der Waals surface area contributed by atoms with E-state index in [4.69, 9.17) is 47.4 Å². The molecule has 1 fully saturated rings. The van der Waals surface area contributed by atoms with Crippen LogP contribution in [0.25, 0.3) is 0 Å². The molecule has 0 spiro atoms. The molecule has 0 aromatic carbocycles. The molecule has 1 rings (SSSR count). The van der Waals surface area contributed by atoms with E-state index in [1.54, 1.807) is 0 Å². The van der Waals surface area contributed by atoms with Gasteiger partial charge >= 0.3 is 47.8 Å². The maximum absolute atomic E-state index is 12.1. The van der Waals surface area contributed by atoms with Gasteiger partial charge in [0.2, 0.25) is 0 Å². The van der Waals surface area contributed by atoms with Crippen molar-refractivity contribution in [1.29, 1.82) is 0 Å². The van der Waals surface area contributed by atoms with Crippen molar-refractivity contribution in [2.24, 2.45) is 0 Å². The van der Waals surface area contributed by atoms with Crippen molar-refractivity contribution in [2.75, 3.05) is 13.2 Å². The second-order valence-corrected chi connectivity index (χ2v) is 9.91. The smallest absolute Gasteiger partial charge is 0.303 e. The Labute approximate surface area is 268 Å². The van der Waals surface area contributed by atoms with Crippen molar-refractivity contribution in [2.45, 2.75) is 111 Å². The molecule has 264 valence electrons. The molecule has 1 aliphatic rings. The molecule has 9 unspecified atom stereocenters. The van der Waals surface area contributed by atoms with Crippen molar-refractivity contribution in [1.82, 2.24) is 0 Å². The van der Waals surface area contributed by atoms with Gasteiger partial charge in [-0.15, -0.1) is 0 Å². The number of esters is 8. The summed E-state index contributed by atoms with van der Waals surface area (Å²) in [4.78, 5) is 107. The van der Waals surface area contributed by atoms with Gasteiger partial charge < -0.3 is 47.4 Å². The van der Waals surface area contributed by atoms with Crippen molar-refractivity contribution in [3.8, 4) is 0 Å². The zero-order valence-electron chi connectivity index (χ0n) is 26.9. The van der Waals surface area contributed by atoms with Crippen LogP contribution in [0.4, 0.5) is 0 Å². The van der Waals surface area contributed by atoms with Crippen LogP contribution in [0.3, 0.4) is 0 Å². The minimum atomic E-state index is -1.88. The summed E-state index contributed by atoms with van der Waals surface area (Å²) in [6, 6.07) is 0. The normalized spacial score (nSPS) is 21.7. The molecule has 1 heterocycles. The zero-order chi connectivity index (χ0) is 36.0. The third-order valence-corrected chi connectivity index (χ3v) is 5.74. The summed E-state index contributed by atoms with van der Waals surface area (Å²) < 4.78 is 53.0. The first-order chi connectivity index (χ1) is 21.9. The predicted molar refractivity (Wildman–Crippen MR) is 146 cm³/mol. The average Bonchev–Trinajstić information content (AvgIpc) is 3.24. The molecule has 47 heavy (non-hydrogen) atoms. The molecule has 9 atom stereocenters. The van der Waals surface area contributed by atoms with E-state index in [-0.39, 0.29) is 6.29 Å². The summed E-state index contributed by atoms with van der Waals surface area (Å²) in [7, 11) is 0. The molecule has 0 radical (unpaired) electrons. The molecule has 0 amide bonds. The van der Waals surface area contributed by atoms with E-state index in [1.165, 1.54) is 0 Å². The number of rotatable bonds is 17. The molecule has 0 N–H and O–H groups in total. The van der Waals surface area contributed by atoms with Gasteiger partial charge in [0.25, 0.3) is 0 Å². The average molecular weight is 679 g/mol. The third kappa shape index (κ3) is 14.1. The molecule has 1 aliphatic heterocycles. The van der Waals surface area contributed by atoms with Crippen LogP contribution in [-0.4, -0.2) is 122 Å². The van der Waals surface area contributed by atoms with Crippen LogP contribution >= 0.6 is 0 Å². The Morgan fingerprint density at radius 1 is 0.574 bits per heavy atom. The summed E-state index contributed by atoms with van der Waals surface area (Å²) >= 11 is 0. The summed E-state index contributed by atoms with van der Waals surface area (Å²) in [5.74, 6) is -7.42. The third-order valence-electron chi connectivity index (χ3n) is 5.74. The minimum absolute atomic E-state index is 0.0839. The molecule has 0 bridgehead atoms. The van der Waals surface area contributed by atoms with E-state index in [2.05, 4.69) is 0 Å². The van der Waals surface area contributed by atoms with Gasteiger partial charge in [-0.3, -0.25) is 43.2 Å². The van der Waals surface area contributed by atoms with E-state index < -0.39 is 116 Å². The Morgan fingerprint density at radius 2 is 1.06 bits per heavy atom. The summed E-state index contributed by atoms with van der Waals surface area (Å²) in [6.45, 7) is 6.50. The molecule has 19 nitrogen and oxygen atoms in total. The van der Waals surface area contributed by atoms with Gasteiger partial charge in [0, 0.05) is 55.4 Å². The van der Waals surface area contributed by atoms with Gasteiger partial charge in [-0.2, -0.15) is 0 Å². The molecular weight excluding hydrogens is 640 g/mol. The van der Waals surface area contributed by atoms with Crippen LogP contribution in [0.5, 0.6) is 0 Å². The highest BCUT2D eigenvalue weighted by Crippen LogP contribution is 2.32. The second kappa shape index (κ2) is 19.1. The lowest BCUT2D eigenvalue weighted by molar-refractivity contribution is -0.224. The van der Waals surface area contributed by atoms with Crippen LogP contribution in [0.15, 0.2) is 0 Å². The quantitative estimate of drug-likeness (QED) is 0.102. The number of carbonyl (C=O) groups is 9. The fourth-order valence-corrected chi connectivity index (χ4v) is 4.36. The standard InChI is InChI=1S/C28H38O19/c1-12(30)38-10-21(41-14(3)32)25-26(45-18(7)36)27(46-19(8)37)28(47-25)39-11-22(42-15(4)33)24(44-17(6)35)23(43-16(5)34)20(9-29)40-13(2)31/h9,20-28H,10-11H2,1-8H3. The Morgan fingerprint density at radius 3 is 1.51 bits per heavy atom. The molecule has 0 saturated carbocycles. The fraction of sp³-hybridized carbons (Fsp3) is 0.679. The number of hydrogen-bond donors (Lipinski definition) is 0. The monoisotopic (exact) mass is 678 g/mol. The van der Waals surface area contributed by atoms with E-state index in [0.29, 0.717) is 0 Å². The summed E-state index contributed by atoms with van der Waals surface area (Å²) in [6.07, 6.45) is -15.0. The van der Waals surface area contributed by atoms with Gasteiger partial charge in [0.05, 0.1) is 6.61 Å². The van der Waals surface area contributed by atoms with Crippen LogP contribution in [-0.2, 0) is 90.5 Å². The zero-order valence-corrected chi connectivity index (χ0v) is 26.9. The van der Waals surface area contributed by atoms with E-state index in [1.807, 2.05) is 0 Å². The topological polar surface area (TPSA) is 246 Å². The highest BCUT2D eigenvalue weighted by molar-refractivity contribution is 5.72. The van der Waals surface area contributed by atoms with Gasteiger partial charge in [-0.05, 0) is 0 Å². The Bertz CT molecular complexity index is 1180. The molecule has 1 saturated heterocycles. The Balaban J connectivity index is 3.64. The molecular formula is C28H38O19. The van der Waals surface area contributed by atoms with Crippen LogP contribution in [0.2, 0.25) is 0 Å². The maximum Gasteiger partial charge on any atom is 0.303 e. The molecule has 0 aromatic heterocycles. The second-order valence-electron chi connectivity index (χ2n) is 9.91. The van der Waals surface area contributed by atoms with Crippen molar-refractivity contribution >= 4 is 54.0 Å². The Kier molecular flexibility index (Phi) is 16.4. The first-order valence-electron chi connectivity index (χ1n) is 13.9. The first-order valence-corrected chi connectivity index (χ1v) is 13.9. The van der Waals surface area contributed by atoms with E-state index in [9.17, 15) is 43.2 Å². The van der Waals surface area contributed by atoms with E-state index >= 15 is 0 Å². The first kappa shape index (κ1) is 40.4. The van der Waals surface area contributed by atoms with Crippen LogP contribution in [0, 0.1) is 0 Å². The lowest BCUT2D eigenvalue weighted by Gasteiger charge is -2.34. The van der Waals surface area contributed by atoms with Gasteiger partial charge in [-0.1, -0.05) is 0 Å². The van der Waals surface area contributed by atoms with Crippen molar-refractivity contribution in [3.05, 3.63) is 0 Å². The lowest BCUT2D eigenvalue weighted by atomic mass is 10.0.